The van der Waals surface area contributed by atoms with Crippen molar-refractivity contribution in [1.82, 2.24) is 5.32 Å². The van der Waals surface area contributed by atoms with E-state index in [2.05, 4.69) is 19.2 Å². The first kappa shape index (κ1) is 23.0. The van der Waals surface area contributed by atoms with E-state index in [0.717, 1.165) is 11.3 Å². The number of ketones is 1. The Morgan fingerprint density at radius 2 is 1.94 bits per heavy atom. The number of dihydropyridines is 1. The third-order valence-electron chi connectivity index (χ3n) is 5.58. The molecule has 1 atom stereocenters. The lowest BCUT2D eigenvalue weighted by Crippen LogP contribution is -2.40. The number of carbonyl (C=O) groups is 2. The van der Waals surface area contributed by atoms with Gasteiger partial charge in [-0.2, -0.15) is 0 Å². The molecule has 0 aromatic heterocycles. The quantitative estimate of drug-likeness (QED) is 0.485. The summed E-state index contributed by atoms with van der Waals surface area (Å²) in [5, 5.41) is 3.36. The highest BCUT2D eigenvalue weighted by Crippen LogP contribution is 2.47. The second kappa shape index (κ2) is 9.66. The van der Waals surface area contributed by atoms with Gasteiger partial charge in [-0.15, -0.1) is 0 Å². The number of ether oxygens (including phenoxy) is 3. The normalized spacial score (nSPS) is 20.3. The monoisotopic (exact) mass is 428 g/mol. The Hall–Kier alpha value is -2.64. The van der Waals surface area contributed by atoms with Crippen LogP contribution in [0.5, 0.6) is 5.75 Å². The third kappa shape index (κ3) is 4.99. The molecular weight excluding hydrogens is 396 g/mol. The average Bonchev–Trinajstić information content (AvgIpc) is 2.72. The van der Waals surface area contributed by atoms with Crippen molar-refractivity contribution in [1.29, 1.82) is 0 Å². The highest BCUT2D eigenvalue weighted by atomic mass is 16.5. The zero-order valence-corrected chi connectivity index (χ0v) is 18.7. The van der Waals surface area contributed by atoms with Crippen molar-refractivity contribution in [2.75, 3.05) is 33.5 Å². The molecule has 1 aliphatic carbocycles. The van der Waals surface area contributed by atoms with Crippen molar-refractivity contribution in [3.8, 4) is 5.75 Å². The van der Waals surface area contributed by atoms with Gasteiger partial charge in [-0.1, -0.05) is 26.0 Å². The summed E-state index contributed by atoms with van der Waals surface area (Å²) in [7, 11) is 1.60. The molecule has 0 bridgehead atoms. The summed E-state index contributed by atoms with van der Waals surface area (Å²) in [5.41, 5.74) is 8.76. The Labute approximate surface area is 183 Å². The molecule has 1 heterocycles. The Balaban J connectivity index is 2.16. The number of nitrogens with one attached hydrogen (secondary N) is 1. The Bertz CT molecular complexity index is 899. The average molecular weight is 429 g/mol. The van der Waals surface area contributed by atoms with Crippen LogP contribution >= 0.6 is 0 Å². The van der Waals surface area contributed by atoms with Gasteiger partial charge in [-0.3, -0.25) is 4.79 Å². The van der Waals surface area contributed by atoms with Crippen LogP contribution in [0.25, 0.3) is 0 Å². The molecule has 168 valence electrons. The van der Waals surface area contributed by atoms with E-state index in [1.54, 1.807) is 14.0 Å². The highest BCUT2D eigenvalue weighted by Gasteiger charge is 2.43. The molecule has 7 heteroatoms. The second-order valence-electron chi connectivity index (χ2n) is 8.62. The van der Waals surface area contributed by atoms with Gasteiger partial charge in [0.25, 0.3) is 0 Å². The molecule has 0 spiro atoms. The molecule has 0 saturated carbocycles. The minimum atomic E-state index is -0.527. The smallest absolute Gasteiger partial charge is 0.336 e. The lowest BCUT2D eigenvalue weighted by atomic mass is 9.68. The molecule has 31 heavy (non-hydrogen) atoms. The van der Waals surface area contributed by atoms with E-state index >= 15 is 0 Å². The number of nitrogens with two attached hydrogens (primary N) is 1. The van der Waals surface area contributed by atoms with Crippen LogP contribution in [0.15, 0.2) is 46.8 Å². The first-order valence-corrected chi connectivity index (χ1v) is 10.7. The molecule has 7 nitrogen and oxygen atoms in total. The number of allylic oxidation sites excluding steroid dienone is 2. The molecule has 2 aliphatic rings. The zero-order valence-electron chi connectivity index (χ0n) is 18.7. The molecule has 3 N–H and O–H groups in total. The van der Waals surface area contributed by atoms with E-state index in [-0.39, 0.29) is 24.4 Å². The molecule has 1 aromatic carbocycles. The van der Waals surface area contributed by atoms with E-state index in [9.17, 15) is 9.59 Å². The van der Waals surface area contributed by atoms with Crippen molar-refractivity contribution in [2.45, 2.75) is 39.5 Å². The van der Waals surface area contributed by atoms with Gasteiger partial charge >= 0.3 is 5.97 Å². The largest absolute Gasteiger partial charge is 0.497 e. The summed E-state index contributed by atoms with van der Waals surface area (Å²) in [6.45, 7) is 7.08. The van der Waals surface area contributed by atoms with Crippen molar-refractivity contribution in [2.24, 2.45) is 11.1 Å². The number of methoxy groups -OCH3 is 1. The number of carbonyl (C=O) groups excluding carboxylic acids is 2. The lowest BCUT2D eigenvalue weighted by molar-refractivity contribution is -0.139. The maximum absolute atomic E-state index is 13.3. The molecule has 1 unspecified atom stereocenters. The van der Waals surface area contributed by atoms with Gasteiger partial charge in [0.15, 0.2) is 5.78 Å². The van der Waals surface area contributed by atoms with E-state index in [1.807, 2.05) is 24.3 Å². The molecule has 0 radical (unpaired) electrons. The van der Waals surface area contributed by atoms with Crippen LogP contribution in [0.3, 0.4) is 0 Å². The molecule has 0 fully saturated rings. The number of rotatable bonds is 8. The standard InChI is InChI=1S/C24H32N2O5/c1-5-31-23(28)22-18(14-30-11-10-25)26-17-12-24(2,3)13-19(27)21(17)20(22)15-6-8-16(29-4)9-7-15/h6-9,20,26H,5,10-14,25H2,1-4H3. The van der Waals surface area contributed by atoms with Gasteiger partial charge in [-0.05, 0) is 36.5 Å². The Morgan fingerprint density at radius 3 is 2.55 bits per heavy atom. The van der Waals surface area contributed by atoms with Crippen LogP contribution in [0.4, 0.5) is 0 Å². The summed E-state index contributed by atoms with van der Waals surface area (Å²) in [6, 6.07) is 7.46. The molecule has 3 rings (SSSR count). The maximum Gasteiger partial charge on any atom is 0.336 e. The summed E-state index contributed by atoms with van der Waals surface area (Å²) in [5.74, 6) is -0.230. The summed E-state index contributed by atoms with van der Waals surface area (Å²) in [6.07, 6.45) is 1.13. The summed E-state index contributed by atoms with van der Waals surface area (Å²) < 4.78 is 16.4. The first-order chi connectivity index (χ1) is 14.8. The number of hydrogen-bond acceptors (Lipinski definition) is 7. The van der Waals surface area contributed by atoms with Crippen molar-refractivity contribution in [3.05, 3.63) is 52.4 Å². The Kier molecular flexibility index (Phi) is 7.18. The molecule has 0 amide bonds. The number of hydrogen-bond donors (Lipinski definition) is 2. The fraction of sp³-hybridized carbons (Fsp3) is 0.500. The van der Waals surface area contributed by atoms with Crippen molar-refractivity contribution >= 4 is 11.8 Å². The van der Waals surface area contributed by atoms with Crippen molar-refractivity contribution in [3.63, 3.8) is 0 Å². The number of Topliss-reactive ketones (excluding diaryl/α,β-unsaturated/α-hetero) is 1. The highest BCUT2D eigenvalue weighted by molar-refractivity contribution is 6.04. The van der Waals surface area contributed by atoms with Gasteiger partial charge in [0.2, 0.25) is 0 Å². The summed E-state index contributed by atoms with van der Waals surface area (Å²) in [4.78, 5) is 26.4. The van der Waals surface area contributed by atoms with Gasteiger partial charge in [-0.25, -0.2) is 4.79 Å². The van der Waals surface area contributed by atoms with Crippen LogP contribution in [0.2, 0.25) is 0 Å². The van der Waals surface area contributed by atoms with E-state index in [1.165, 1.54) is 0 Å². The lowest BCUT2D eigenvalue weighted by Gasteiger charge is -2.40. The third-order valence-corrected chi connectivity index (χ3v) is 5.58. The topological polar surface area (TPSA) is 99.9 Å². The minimum Gasteiger partial charge on any atom is -0.497 e. The predicted octanol–water partition coefficient (Wildman–Crippen LogP) is 2.82. The van der Waals surface area contributed by atoms with Gasteiger partial charge < -0.3 is 25.3 Å². The SMILES string of the molecule is CCOC(=O)C1=C(COCCN)NC2=C(C(=O)CC(C)(C)C2)C1c1ccc(OC)cc1. The van der Waals surface area contributed by atoms with Gasteiger partial charge in [0, 0.05) is 30.2 Å². The number of benzene rings is 1. The van der Waals surface area contributed by atoms with Crippen LogP contribution in [-0.2, 0) is 19.1 Å². The predicted molar refractivity (Wildman–Crippen MR) is 117 cm³/mol. The number of esters is 1. The fourth-order valence-electron chi connectivity index (χ4n) is 4.30. The van der Waals surface area contributed by atoms with Crippen LogP contribution in [-0.4, -0.2) is 45.2 Å². The van der Waals surface area contributed by atoms with E-state index in [0.29, 0.717) is 48.6 Å². The zero-order chi connectivity index (χ0) is 22.6. The second-order valence-corrected chi connectivity index (χ2v) is 8.62. The molecule has 0 saturated heterocycles. The molecule has 1 aliphatic heterocycles. The first-order valence-electron chi connectivity index (χ1n) is 10.7. The maximum atomic E-state index is 13.3. The summed E-state index contributed by atoms with van der Waals surface area (Å²) >= 11 is 0. The van der Waals surface area contributed by atoms with Crippen LogP contribution in [0, 0.1) is 5.41 Å². The van der Waals surface area contributed by atoms with E-state index < -0.39 is 11.9 Å². The van der Waals surface area contributed by atoms with Crippen molar-refractivity contribution < 1.29 is 23.8 Å². The van der Waals surface area contributed by atoms with Gasteiger partial charge in [0.1, 0.15) is 5.75 Å². The molecular formula is C24H32N2O5. The van der Waals surface area contributed by atoms with Crippen LogP contribution < -0.4 is 15.8 Å². The Morgan fingerprint density at radius 1 is 1.23 bits per heavy atom. The fourth-order valence-corrected chi connectivity index (χ4v) is 4.30. The minimum absolute atomic E-state index is 0.0447. The van der Waals surface area contributed by atoms with E-state index in [4.69, 9.17) is 19.9 Å². The van der Waals surface area contributed by atoms with Gasteiger partial charge in [0.05, 0.1) is 38.2 Å². The molecule has 1 aromatic rings. The van der Waals surface area contributed by atoms with Crippen LogP contribution in [0.1, 0.15) is 45.1 Å².